The summed E-state index contributed by atoms with van der Waals surface area (Å²) in [5, 5.41) is 3.47. The van der Waals surface area contributed by atoms with Crippen LogP contribution in [0.2, 0.25) is 0 Å². The van der Waals surface area contributed by atoms with E-state index in [9.17, 15) is 0 Å². The van der Waals surface area contributed by atoms with Crippen molar-refractivity contribution in [2.45, 2.75) is 39.5 Å². The van der Waals surface area contributed by atoms with Crippen LogP contribution in [0.25, 0.3) is 0 Å². The zero-order valence-corrected chi connectivity index (χ0v) is 16.3. The SMILES string of the molecule is CCCCN(C)C(=NC)NCC(C)c1ccc(C)cc1.I. The highest BCUT2D eigenvalue weighted by Crippen LogP contribution is 2.14. The molecule has 1 aromatic rings. The van der Waals surface area contributed by atoms with Crippen LogP contribution >= 0.6 is 24.0 Å². The van der Waals surface area contributed by atoms with Gasteiger partial charge in [-0.1, -0.05) is 50.1 Å². The molecule has 1 rings (SSSR count). The van der Waals surface area contributed by atoms with Gasteiger partial charge < -0.3 is 10.2 Å². The number of unbranched alkanes of at least 4 members (excludes halogenated alkanes) is 1. The Hall–Kier alpha value is -0.780. The minimum atomic E-state index is 0. The normalized spacial score (nSPS) is 12.5. The van der Waals surface area contributed by atoms with Gasteiger partial charge in [0.25, 0.3) is 0 Å². The Morgan fingerprint density at radius 2 is 1.90 bits per heavy atom. The third-order valence-electron chi connectivity index (χ3n) is 3.63. The molecule has 0 bridgehead atoms. The number of aryl methyl sites for hydroxylation is 1. The molecule has 0 fully saturated rings. The lowest BCUT2D eigenvalue weighted by Gasteiger charge is -2.23. The third kappa shape index (κ3) is 7.16. The predicted molar refractivity (Wildman–Crippen MR) is 104 cm³/mol. The number of aliphatic imine (C=N–C) groups is 1. The largest absolute Gasteiger partial charge is 0.356 e. The molecule has 0 radical (unpaired) electrons. The fourth-order valence-electron chi connectivity index (χ4n) is 2.14. The molecule has 120 valence electrons. The van der Waals surface area contributed by atoms with E-state index in [1.807, 2.05) is 7.05 Å². The first-order chi connectivity index (χ1) is 9.58. The van der Waals surface area contributed by atoms with Crippen molar-refractivity contribution in [1.29, 1.82) is 0 Å². The van der Waals surface area contributed by atoms with Crippen LogP contribution in [-0.2, 0) is 0 Å². The maximum atomic E-state index is 4.35. The summed E-state index contributed by atoms with van der Waals surface area (Å²) in [6, 6.07) is 8.78. The molecule has 0 aliphatic heterocycles. The van der Waals surface area contributed by atoms with Crippen LogP contribution in [0.3, 0.4) is 0 Å². The molecule has 3 nitrogen and oxygen atoms in total. The first-order valence-electron chi connectivity index (χ1n) is 7.56. The number of halogens is 1. The van der Waals surface area contributed by atoms with Gasteiger partial charge in [0, 0.05) is 27.2 Å². The molecule has 0 heterocycles. The lowest BCUT2D eigenvalue weighted by atomic mass is 10.0. The third-order valence-corrected chi connectivity index (χ3v) is 3.63. The van der Waals surface area contributed by atoms with Crippen LogP contribution in [0.4, 0.5) is 0 Å². The summed E-state index contributed by atoms with van der Waals surface area (Å²) in [6.45, 7) is 8.54. The zero-order valence-electron chi connectivity index (χ0n) is 14.0. The van der Waals surface area contributed by atoms with Gasteiger partial charge in [0.1, 0.15) is 0 Å². The molecule has 0 aromatic heterocycles. The molecule has 1 aromatic carbocycles. The van der Waals surface area contributed by atoms with E-state index in [0.717, 1.165) is 19.0 Å². The summed E-state index contributed by atoms with van der Waals surface area (Å²) >= 11 is 0. The van der Waals surface area contributed by atoms with E-state index in [0.29, 0.717) is 5.92 Å². The van der Waals surface area contributed by atoms with Gasteiger partial charge in [-0.3, -0.25) is 4.99 Å². The van der Waals surface area contributed by atoms with Gasteiger partial charge in [-0.05, 0) is 24.8 Å². The van der Waals surface area contributed by atoms with Gasteiger partial charge >= 0.3 is 0 Å². The molecular formula is C17H30IN3. The van der Waals surface area contributed by atoms with Gasteiger partial charge in [-0.2, -0.15) is 0 Å². The van der Waals surface area contributed by atoms with Crippen LogP contribution in [0.5, 0.6) is 0 Å². The van der Waals surface area contributed by atoms with Crippen LogP contribution in [0.1, 0.15) is 43.7 Å². The lowest BCUT2D eigenvalue weighted by molar-refractivity contribution is 0.462. The second-order valence-electron chi connectivity index (χ2n) is 5.51. The zero-order chi connectivity index (χ0) is 15.0. The van der Waals surface area contributed by atoms with Crippen molar-refractivity contribution < 1.29 is 0 Å². The molecular weight excluding hydrogens is 373 g/mol. The Balaban J connectivity index is 0.00000400. The summed E-state index contributed by atoms with van der Waals surface area (Å²) < 4.78 is 0. The van der Waals surface area contributed by atoms with E-state index in [2.05, 4.69) is 67.3 Å². The van der Waals surface area contributed by atoms with E-state index in [4.69, 9.17) is 0 Å². The van der Waals surface area contributed by atoms with E-state index in [1.54, 1.807) is 0 Å². The van der Waals surface area contributed by atoms with Crippen LogP contribution in [0, 0.1) is 6.92 Å². The first kappa shape index (κ1) is 20.2. The van der Waals surface area contributed by atoms with Crippen molar-refractivity contribution in [3.05, 3.63) is 35.4 Å². The second kappa shape index (κ2) is 10.9. The highest BCUT2D eigenvalue weighted by atomic mass is 127. The van der Waals surface area contributed by atoms with Gasteiger partial charge in [0.2, 0.25) is 0 Å². The molecule has 1 atom stereocenters. The fraction of sp³-hybridized carbons (Fsp3) is 0.588. The molecule has 0 spiro atoms. The van der Waals surface area contributed by atoms with Gasteiger partial charge in [0.15, 0.2) is 5.96 Å². The molecule has 21 heavy (non-hydrogen) atoms. The van der Waals surface area contributed by atoms with Crippen molar-refractivity contribution in [3.8, 4) is 0 Å². The van der Waals surface area contributed by atoms with Crippen molar-refractivity contribution in [1.82, 2.24) is 10.2 Å². The van der Waals surface area contributed by atoms with E-state index < -0.39 is 0 Å². The van der Waals surface area contributed by atoms with Crippen molar-refractivity contribution in [3.63, 3.8) is 0 Å². The van der Waals surface area contributed by atoms with Crippen LogP contribution in [0.15, 0.2) is 29.3 Å². The highest BCUT2D eigenvalue weighted by molar-refractivity contribution is 14.0. The maximum Gasteiger partial charge on any atom is 0.193 e. The molecule has 0 saturated heterocycles. The maximum absolute atomic E-state index is 4.35. The number of rotatable bonds is 6. The van der Waals surface area contributed by atoms with Crippen molar-refractivity contribution >= 4 is 29.9 Å². The summed E-state index contributed by atoms with van der Waals surface area (Å²) in [5.74, 6) is 1.46. The minimum absolute atomic E-state index is 0. The molecule has 0 amide bonds. The molecule has 0 aliphatic carbocycles. The number of hydrogen-bond acceptors (Lipinski definition) is 1. The molecule has 0 saturated carbocycles. The van der Waals surface area contributed by atoms with Crippen molar-refractivity contribution in [2.24, 2.45) is 4.99 Å². The second-order valence-corrected chi connectivity index (χ2v) is 5.51. The average Bonchev–Trinajstić information content (AvgIpc) is 2.46. The molecule has 1 unspecified atom stereocenters. The number of guanidine groups is 1. The first-order valence-corrected chi connectivity index (χ1v) is 7.56. The molecule has 1 N–H and O–H groups in total. The summed E-state index contributed by atoms with van der Waals surface area (Å²) in [4.78, 5) is 6.55. The molecule has 4 heteroatoms. The topological polar surface area (TPSA) is 27.6 Å². The lowest BCUT2D eigenvalue weighted by Crippen LogP contribution is -2.40. The Morgan fingerprint density at radius 1 is 1.29 bits per heavy atom. The average molecular weight is 403 g/mol. The number of benzene rings is 1. The van der Waals surface area contributed by atoms with Crippen LogP contribution < -0.4 is 5.32 Å². The van der Waals surface area contributed by atoms with Crippen molar-refractivity contribution in [2.75, 3.05) is 27.2 Å². The smallest absolute Gasteiger partial charge is 0.193 e. The Morgan fingerprint density at radius 3 is 2.43 bits per heavy atom. The standard InChI is InChI=1S/C17H29N3.HI/c1-6-7-12-20(5)17(18-4)19-13-15(3)16-10-8-14(2)9-11-16;/h8-11,15H,6-7,12-13H2,1-5H3,(H,18,19);1H. The Bertz CT molecular complexity index is 415. The Labute approximate surface area is 147 Å². The summed E-state index contributed by atoms with van der Waals surface area (Å²) in [5.41, 5.74) is 2.68. The van der Waals surface area contributed by atoms with Gasteiger partial charge in [0.05, 0.1) is 0 Å². The fourth-order valence-corrected chi connectivity index (χ4v) is 2.14. The summed E-state index contributed by atoms with van der Waals surface area (Å²) in [7, 11) is 3.95. The number of hydrogen-bond donors (Lipinski definition) is 1. The van der Waals surface area contributed by atoms with E-state index in [-0.39, 0.29) is 24.0 Å². The van der Waals surface area contributed by atoms with Gasteiger partial charge in [-0.15, -0.1) is 24.0 Å². The number of nitrogens with one attached hydrogen (secondary N) is 1. The Kier molecular flexibility index (Phi) is 10.5. The monoisotopic (exact) mass is 403 g/mol. The van der Waals surface area contributed by atoms with E-state index >= 15 is 0 Å². The van der Waals surface area contributed by atoms with Crippen LogP contribution in [-0.4, -0.2) is 38.0 Å². The predicted octanol–water partition coefficient (Wildman–Crippen LogP) is 4.02. The minimum Gasteiger partial charge on any atom is -0.356 e. The number of nitrogens with zero attached hydrogens (tertiary/aromatic N) is 2. The van der Waals surface area contributed by atoms with E-state index in [1.165, 1.54) is 24.0 Å². The quantitative estimate of drug-likeness (QED) is 0.441. The molecule has 0 aliphatic rings. The van der Waals surface area contributed by atoms with Gasteiger partial charge in [-0.25, -0.2) is 0 Å². The highest BCUT2D eigenvalue weighted by Gasteiger charge is 2.09. The summed E-state index contributed by atoms with van der Waals surface area (Å²) in [6.07, 6.45) is 2.41.